The van der Waals surface area contributed by atoms with Crippen LogP contribution in [0.25, 0.3) is 0 Å². The van der Waals surface area contributed by atoms with E-state index in [2.05, 4.69) is 4.90 Å². The average Bonchev–Trinajstić information content (AvgIpc) is 3.03. The summed E-state index contributed by atoms with van der Waals surface area (Å²) in [5, 5.41) is 9.65. The molecule has 0 unspecified atom stereocenters. The number of amides is 1. The predicted octanol–water partition coefficient (Wildman–Crippen LogP) is 0.604. The Morgan fingerprint density at radius 1 is 1.28 bits per heavy atom. The highest BCUT2D eigenvalue weighted by Gasteiger charge is 2.36. The van der Waals surface area contributed by atoms with Gasteiger partial charge in [0.2, 0.25) is 0 Å². The van der Waals surface area contributed by atoms with Crippen molar-refractivity contribution >= 4 is 5.91 Å². The lowest BCUT2D eigenvalue weighted by Gasteiger charge is -2.30. The Bertz CT molecular complexity index is 580. The number of morpholine rings is 1. The molecule has 1 N–H and O–H groups in total. The fraction of sp³-hybridized carbons (Fsp3) is 0.611. The van der Waals surface area contributed by atoms with Crippen LogP contribution in [0, 0.1) is 17.7 Å². The molecule has 1 aromatic carbocycles. The lowest BCUT2D eigenvalue weighted by Crippen LogP contribution is -2.41. The van der Waals surface area contributed by atoms with Crippen molar-refractivity contribution in [3.8, 4) is 5.75 Å². The number of benzene rings is 1. The average molecular weight is 352 g/mol. The molecule has 2 aliphatic rings. The number of hydrogen-bond donors (Lipinski definition) is 1. The molecule has 2 saturated heterocycles. The highest BCUT2D eigenvalue weighted by molar-refractivity contribution is 5.78. The fourth-order valence-electron chi connectivity index (χ4n) is 3.46. The number of carbonyl (C=O) groups excluding carboxylic acids is 1. The minimum atomic E-state index is -0.392. The minimum Gasteiger partial charge on any atom is -0.484 e. The molecule has 0 radical (unpaired) electrons. The van der Waals surface area contributed by atoms with Crippen molar-refractivity contribution in [2.24, 2.45) is 11.8 Å². The van der Waals surface area contributed by atoms with Crippen molar-refractivity contribution in [1.29, 1.82) is 0 Å². The van der Waals surface area contributed by atoms with Crippen molar-refractivity contribution in [2.75, 3.05) is 59.2 Å². The van der Waals surface area contributed by atoms with Crippen molar-refractivity contribution in [3.05, 3.63) is 30.1 Å². The van der Waals surface area contributed by atoms with Gasteiger partial charge in [-0.15, -0.1) is 0 Å². The number of nitrogens with zero attached hydrogens (tertiary/aromatic N) is 2. The van der Waals surface area contributed by atoms with E-state index in [1.54, 1.807) is 17.0 Å². The van der Waals surface area contributed by atoms with Crippen LogP contribution in [0.5, 0.6) is 5.75 Å². The number of ether oxygens (including phenoxy) is 2. The van der Waals surface area contributed by atoms with Gasteiger partial charge in [-0.1, -0.05) is 6.07 Å². The Hall–Kier alpha value is -1.70. The van der Waals surface area contributed by atoms with Gasteiger partial charge in [0.1, 0.15) is 11.6 Å². The molecule has 2 fully saturated rings. The van der Waals surface area contributed by atoms with E-state index in [4.69, 9.17) is 9.47 Å². The summed E-state index contributed by atoms with van der Waals surface area (Å²) in [5.41, 5.74) is 0. The Morgan fingerprint density at radius 3 is 2.76 bits per heavy atom. The largest absolute Gasteiger partial charge is 0.484 e. The van der Waals surface area contributed by atoms with Crippen molar-refractivity contribution in [1.82, 2.24) is 9.80 Å². The molecule has 0 saturated carbocycles. The summed E-state index contributed by atoms with van der Waals surface area (Å²) in [6.07, 6.45) is 0. The summed E-state index contributed by atoms with van der Waals surface area (Å²) in [5.74, 6) is 0.155. The maximum Gasteiger partial charge on any atom is 0.260 e. The first-order valence-corrected chi connectivity index (χ1v) is 8.73. The Labute approximate surface area is 147 Å². The standard InChI is InChI=1S/C18H25FN2O4/c19-16-2-1-3-17(8-16)25-13-18(23)21-10-14(15(11-21)12-22)9-20-4-6-24-7-5-20/h1-3,8,14-15,22H,4-7,9-13H2/t14-,15-/m1/s1. The third-order valence-corrected chi connectivity index (χ3v) is 4.92. The molecule has 0 aliphatic carbocycles. The topological polar surface area (TPSA) is 62.2 Å². The first-order valence-electron chi connectivity index (χ1n) is 8.73. The highest BCUT2D eigenvalue weighted by atomic mass is 19.1. The summed E-state index contributed by atoms with van der Waals surface area (Å²) >= 11 is 0. The number of rotatable bonds is 6. The predicted molar refractivity (Wildman–Crippen MR) is 89.8 cm³/mol. The van der Waals surface area contributed by atoms with Crippen LogP contribution in [0.2, 0.25) is 0 Å². The Balaban J connectivity index is 1.50. The number of hydrogen-bond acceptors (Lipinski definition) is 5. The normalized spacial score (nSPS) is 24.5. The molecule has 7 heteroatoms. The van der Waals surface area contributed by atoms with E-state index in [9.17, 15) is 14.3 Å². The Morgan fingerprint density at radius 2 is 2.04 bits per heavy atom. The maximum absolute atomic E-state index is 13.1. The lowest BCUT2D eigenvalue weighted by molar-refractivity contribution is -0.132. The number of halogens is 1. The molecule has 0 aromatic heterocycles. The van der Waals surface area contributed by atoms with E-state index >= 15 is 0 Å². The highest BCUT2D eigenvalue weighted by Crippen LogP contribution is 2.25. The van der Waals surface area contributed by atoms with Crippen LogP contribution in [0.3, 0.4) is 0 Å². The zero-order chi connectivity index (χ0) is 17.6. The molecular weight excluding hydrogens is 327 g/mol. The molecule has 2 aliphatic heterocycles. The summed E-state index contributed by atoms with van der Waals surface area (Å²) in [7, 11) is 0. The van der Waals surface area contributed by atoms with Gasteiger partial charge in [-0.05, 0) is 18.1 Å². The summed E-state index contributed by atoms with van der Waals surface area (Å²) in [6, 6.07) is 5.76. The van der Waals surface area contributed by atoms with Crippen LogP contribution < -0.4 is 4.74 Å². The molecule has 1 aromatic rings. The minimum absolute atomic E-state index is 0.0730. The van der Waals surface area contributed by atoms with Gasteiger partial charge in [0, 0.05) is 51.3 Å². The summed E-state index contributed by atoms with van der Waals surface area (Å²) in [4.78, 5) is 16.5. The van der Waals surface area contributed by atoms with Gasteiger partial charge in [-0.2, -0.15) is 0 Å². The molecule has 3 rings (SSSR count). The van der Waals surface area contributed by atoms with E-state index < -0.39 is 5.82 Å². The van der Waals surface area contributed by atoms with Crippen molar-refractivity contribution < 1.29 is 23.8 Å². The second-order valence-electron chi connectivity index (χ2n) is 6.66. The zero-order valence-corrected chi connectivity index (χ0v) is 14.3. The summed E-state index contributed by atoms with van der Waals surface area (Å²) < 4.78 is 23.9. The smallest absolute Gasteiger partial charge is 0.260 e. The van der Waals surface area contributed by atoms with Gasteiger partial charge in [-0.3, -0.25) is 9.69 Å². The van der Waals surface area contributed by atoms with Gasteiger partial charge in [0.15, 0.2) is 6.61 Å². The van der Waals surface area contributed by atoms with Crippen LogP contribution in [-0.4, -0.2) is 80.0 Å². The molecule has 6 nitrogen and oxygen atoms in total. The van der Waals surface area contributed by atoms with Gasteiger partial charge in [0.25, 0.3) is 5.91 Å². The first-order chi connectivity index (χ1) is 12.2. The van der Waals surface area contributed by atoms with E-state index in [0.717, 1.165) is 32.8 Å². The zero-order valence-electron chi connectivity index (χ0n) is 14.3. The third-order valence-electron chi connectivity index (χ3n) is 4.92. The van der Waals surface area contributed by atoms with Crippen LogP contribution in [0.4, 0.5) is 4.39 Å². The van der Waals surface area contributed by atoms with E-state index in [1.165, 1.54) is 12.1 Å². The number of aliphatic hydroxyl groups excluding tert-OH is 1. The van der Waals surface area contributed by atoms with Crippen LogP contribution in [0.1, 0.15) is 0 Å². The van der Waals surface area contributed by atoms with Gasteiger partial charge in [0.05, 0.1) is 13.2 Å². The third kappa shape index (κ3) is 4.90. The van der Waals surface area contributed by atoms with Gasteiger partial charge in [-0.25, -0.2) is 4.39 Å². The first kappa shape index (κ1) is 18.1. The van der Waals surface area contributed by atoms with Gasteiger partial charge < -0.3 is 19.5 Å². The molecule has 1 amide bonds. The van der Waals surface area contributed by atoms with E-state index in [0.29, 0.717) is 18.8 Å². The number of carbonyl (C=O) groups is 1. The molecule has 2 atom stereocenters. The lowest BCUT2D eigenvalue weighted by atomic mass is 9.96. The number of aliphatic hydroxyl groups is 1. The molecule has 0 spiro atoms. The SMILES string of the molecule is O=C(COc1cccc(F)c1)N1C[C@@H](CN2CCOCC2)[C@@H](CO)C1. The van der Waals surface area contributed by atoms with E-state index in [-0.39, 0.29) is 31.0 Å². The maximum atomic E-state index is 13.1. The van der Waals surface area contributed by atoms with Gasteiger partial charge >= 0.3 is 0 Å². The van der Waals surface area contributed by atoms with Crippen molar-refractivity contribution in [3.63, 3.8) is 0 Å². The fourth-order valence-corrected chi connectivity index (χ4v) is 3.46. The van der Waals surface area contributed by atoms with Crippen LogP contribution in [0.15, 0.2) is 24.3 Å². The molecule has 2 heterocycles. The Kier molecular flexibility index (Phi) is 6.23. The molecular formula is C18H25FN2O4. The molecule has 138 valence electrons. The quantitative estimate of drug-likeness (QED) is 0.813. The monoisotopic (exact) mass is 352 g/mol. The van der Waals surface area contributed by atoms with Crippen molar-refractivity contribution in [2.45, 2.75) is 0 Å². The van der Waals surface area contributed by atoms with Crippen LogP contribution >= 0.6 is 0 Å². The number of likely N-dealkylation sites (tertiary alicyclic amines) is 1. The molecule has 25 heavy (non-hydrogen) atoms. The second kappa shape index (κ2) is 8.60. The second-order valence-corrected chi connectivity index (χ2v) is 6.66. The summed E-state index contributed by atoms with van der Waals surface area (Å²) in [6.45, 7) is 5.24. The van der Waals surface area contributed by atoms with Crippen LogP contribution in [-0.2, 0) is 9.53 Å². The van der Waals surface area contributed by atoms with E-state index in [1.807, 2.05) is 0 Å². The molecule has 0 bridgehead atoms.